The van der Waals surface area contributed by atoms with Crippen LogP contribution >= 0.6 is 11.6 Å². The Morgan fingerprint density at radius 1 is 1.28 bits per heavy atom. The minimum absolute atomic E-state index is 0.000748. The molecule has 1 aromatic carbocycles. The fourth-order valence-electron chi connectivity index (χ4n) is 1.77. The van der Waals surface area contributed by atoms with Crippen molar-refractivity contribution in [3.05, 3.63) is 40.6 Å². The van der Waals surface area contributed by atoms with Gasteiger partial charge in [-0.25, -0.2) is 8.78 Å². The van der Waals surface area contributed by atoms with Crippen molar-refractivity contribution in [2.24, 2.45) is 0 Å². The predicted molar refractivity (Wildman–Crippen MR) is 59.6 cm³/mol. The third-order valence-corrected chi connectivity index (χ3v) is 3.19. The molecule has 0 radical (unpaired) electrons. The Labute approximate surface area is 106 Å². The molecule has 0 aromatic heterocycles. The molecule has 7 heteroatoms. The second kappa shape index (κ2) is 4.78. The minimum atomic E-state index is -2.75. The van der Waals surface area contributed by atoms with Crippen molar-refractivity contribution in [3.8, 4) is 0 Å². The van der Waals surface area contributed by atoms with Crippen LogP contribution in [0.3, 0.4) is 0 Å². The SMILES string of the molecule is CN1C(Cl)=C(c2ccc(F)cc2F)CN1C(F)F. The van der Waals surface area contributed by atoms with Gasteiger partial charge in [0.05, 0.1) is 6.54 Å². The third kappa shape index (κ3) is 2.18. The molecule has 0 saturated carbocycles. The third-order valence-electron chi connectivity index (χ3n) is 2.72. The number of benzene rings is 1. The molecule has 0 saturated heterocycles. The Morgan fingerprint density at radius 3 is 2.44 bits per heavy atom. The Kier molecular flexibility index (Phi) is 3.49. The van der Waals surface area contributed by atoms with Gasteiger partial charge in [0.1, 0.15) is 16.8 Å². The van der Waals surface area contributed by atoms with E-state index in [-0.39, 0.29) is 22.8 Å². The molecule has 18 heavy (non-hydrogen) atoms. The number of rotatable bonds is 2. The van der Waals surface area contributed by atoms with E-state index in [9.17, 15) is 17.6 Å². The van der Waals surface area contributed by atoms with Gasteiger partial charge in [-0.2, -0.15) is 13.8 Å². The molecule has 1 heterocycles. The molecule has 0 fully saturated rings. The van der Waals surface area contributed by atoms with Crippen LogP contribution < -0.4 is 0 Å². The quantitative estimate of drug-likeness (QED) is 0.606. The van der Waals surface area contributed by atoms with Crippen molar-refractivity contribution >= 4 is 17.2 Å². The van der Waals surface area contributed by atoms with E-state index in [0.29, 0.717) is 11.1 Å². The number of hydrogen-bond donors (Lipinski definition) is 0. The lowest BCUT2D eigenvalue weighted by Gasteiger charge is -2.24. The van der Waals surface area contributed by atoms with Gasteiger partial charge in [0.15, 0.2) is 0 Å². The summed E-state index contributed by atoms with van der Waals surface area (Å²) in [4.78, 5) is 0. The topological polar surface area (TPSA) is 6.48 Å². The van der Waals surface area contributed by atoms with Gasteiger partial charge in [0.25, 0.3) is 0 Å². The highest BCUT2D eigenvalue weighted by molar-refractivity contribution is 6.32. The van der Waals surface area contributed by atoms with Gasteiger partial charge in [-0.3, -0.25) is 5.01 Å². The summed E-state index contributed by atoms with van der Waals surface area (Å²) >= 11 is 5.88. The summed E-state index contributed by atoms with van der Waals surface area (Å²) < 4.78 is 51.7. The van der Waals surface area contributed by atoms with E-state index in [2.05, 4.69) is 0 Å². The highest BCUT2D eigenvalue weighted by atomic mass is 35.5. The molecule has 0 atom stereocenters. The molecule has 98 valence electrons. The summed E-state index contributed by atoms with van der Waals surface area (Å²) in [6.07, 6.45) is 0. The summed E-state index contributed by atoms with van der Waals surface area (Å²) in [5.41, 5.74) is 0.230. The van der Waals surface area contributed by atoms with E-state index >= 15 is 0 Å². The summed E-state index contributed by atoms with van der Waals surface area (Å²) in [5, 5.41) is 1.73. The van der Waals surface area contributed by atoms with Crippen LogP contribution in [-0.4, -0.2) is 30.2 Å². The molecule has 0 spiro atoms. The van der Waals surface area contributed by atoms with Crippen molar-refractivity contribution in [1.29, 1.82) is 0 Å². The standard InChI is InChI=1S/C11H9ClF4N2/c1-17-10(12)8(5-18(17)11(15)16)7-3-2-6(13)4-9(7)14/h2-4,11H,5H2,1H3. The molecule has 0 unspecified atom stereocenters. The van der Waals surface area contributed by atoms with E-state index in [1.54, 1.807) is 0 Å². The number of hydrazine groups is 1. The van der Waals surface area contributed by atoms with E-state index in [1.165, 1.54) is 13.1 Å². The van der Waals surface area contributed by atoms with Crippen LogP contribution in [0.4, 0.5) is 17.6 Å². The molecule has 1 aliphatic rings. The molecular formula is C11H9ClF4N2. The van der Waals surface area contributed by atoms with Crippen LogP contribution in [-0.2, 0) is 0 Å². The molecule has 0 amide bonds. The van der Waals surface area contributed by atoms with Crippen LogP contribution in [0.25, 0.3) is 5.57 Å². The zero-order valence-electron chi connectivity index (χ0n) is 9.30. The van der Waals surface area contributed by atoms with Crippen molar-refractivity contribution < 1.29 is 17.6 Å². The van der Waals surface area contributed by atoms with Gasteiger partial charge >= 0.3 is 6.55 Å². The fourth-order valence-corrected chi connectivity index (χ4v) is 2.03. The van der Waals surface area contributed by atoms with Gasteiger partial charge in [-0.1, -0.05) is 11.6 Å². The van der Waals surface area contributed by atoms with Crippen molar-refractivity contribution in [3.63, 3.8) is 0 Å². The average Bonchev–Trinajstić information content (AvgIpc) is 2.57. The number of hydrogen-bond acceptors (Lipinski definition) is 2. The van der Waals surface area contributed by atoms with E-state index < -0.39 is 18.2 Å². The average molecular weight is 281 g/mol. The Hall–Kier alpha value is -1.27. The van der Waals surface area contributed by atoms with Crippen molar-refractivity contribution in [2.75, 3.05) is 13.6 Å². The first kappa shape index (κ1) is 13.2. The molecule has 0 N–H and O–H groups in total. The fraction of sp³-hybridized carbons (Fsp3) is 0.273. The lowest BCUT2D eigenvalue weighted by atomic mass is 10.1. The summed E-state index contributed by atoms with van der Waals surface area (Å²) in [5.74, 6) is -1.56. The van der Waals surface area contributed by atoms with Crippen LogP contribution in [0.15, 0.2) is 23.4 Å². The Balaban J connectivity index is 2.39. The molecule has 1 aliphatic heterocycles. The van der Waals surface area contributed by atoms with Gasteiger partial charge in [-0.15, -0.1) is 0 Å². The maximum Gasteiger partial charge on any atom is 0.311 e. The monoisotopic (exact) mass is 280 g/mol. The van der Waals surface area contributed by atoms with Crippen LogP contribution in [0, 0.1) is 11.6 Å². The smallest absolute Gasteiger partial charge is 0.293 e. The molecule has 1 aromatic rings. The highest BCUT2D eigenvalue weighted by Gasteiger charge is 2.33. The largest absolute Gasteiger partial charge is 0.311 e. The highest BCUT2D eigenvalue weighted by Crippen LogP contribution is 2.34. The van der Waals surface area contributed by atoms with Gasteiger partial charge < -0.3 is 0 Å². The molecule has 0 aliphatic carbocycles. The minimum Gasteiger partial charge on any atom is -0.293 e. The van der Waals surface area contributed by atoms with Gasteiger partial charge in [0.2, 0.25) is 0 Å². The normalized spacial score (nSPS) is 17.2. The molecule has 2 nitrogen and oxygen atoms in total. The number of alkyl halides is 2. The van der Waals surface area contributed by atoms with Gasteiger partial charge in [0, 0.05) is 24.3 Å². The van der Waals surface area contributed by atoms with Gasteiger partial charge in [-0.05, 0) is 12.1 Å². The lowest BCUT2D eigenvalue weighted by Crippen LogP contribution is -2.37. The maximum atomic E-state index is 13.6. The van der Waals surface area contributed by atoms with E-state index in [1.807, 2.05) is 0 Å². The molecule has 0 bridgehead atoms. The first-order valence-electron chi connectivity index (χ1n) is 5.04. The van der Waals surface area contributed by atoms with Crippen LogP contribution in [0.5, 0.6) is 0 Å². The zero-order chi connectivity index (χ0) is 13.4. The number of halogens is 5. The van der Waals surface area contributed by atoms with Crippen molar-refractivity contribution in [1.82, 2.24) is 10.0 Å². The summed E-state index contributed by atoms with van der Waals surface area (Å²) in [7, 11) is 1.35. The summed E-state index contributed by atoms with van der Waals surface area (Å²) in [6.45, 7) is -2.97. The Bertz CT molecular complexity index is 504. The van der Waals surface area contributed by atoms with E-state index in [4.69, 9.17) is 11.6 Å². The number of nitrogens with zero attached hydrogens (tertiary/aromatic N) is 2. The predicted octanol–water partition coefficient (Wildman–Crippen LogP) is 3.26. The summed E-state index contributed by atoms with van der Waals surface area (Å²) in [6, 6.07) is 2.93. The van der Waals surface area contributed by atoms with Crippen molar-refractivity contribution in [2.45, 2.75) is 6.55 Å². The zero-order valence-corrected chi connectivity index (χ0v) is 10.1. The van der Waals surface area contributed by atoms with E-state index in [0.717, 1.165) is 11.1 Å². The Morgan fingerprint density at radius 2 is 1.94 bits per heavy atom. The molecule has 2 rings (SSSR count). The second-order valence-corrected chi connectivity index (χ2v) is 4.15. The lowest BCUT2D eigenvalue weighted by molar-refractivity contribution is -0.111. The second-order valence-electron chi connectivity index (χ2n) is 3.79. The van der Waals surface area contributed by atoms with Crippen LogP contribution in [0.1, 0.15) is 5.56 Å². The molecular weight excluding hydrogens is 272 g/mol. The maximum absolute atomic E-state index is 13.6. The van der Waals surface area contributed by atoms with Crippen LogP contribution in [0.2, 0.25) is 0 Å². The first-order chi connectivity index (χ1) is 8.41. The first-order valence-corrected chi connectivity index (χ1v) is 5.42.